The summed E-state index contributed by atoms with van der Waals surface area (Å²) in [6.07, 6.45) is 7.76. The molecule has 2 atom stereocenters. The zero-order chi connectivity index (χ0) is 15.4. The Hall–Kier alpha value is -0.650. The fourth-order valence-electron chi connectivity index (χ4n) is 4.47. The van der Waals surface area contributed by atoms with Crippen LogP contribution in [0.2, 0.25) is 0 Å². The lowest BCUT2D eigenvalue weighted by Gasteiger charge is -2.43. The van der Waals surface area contributed by atoms with Gasteiger partial charge >= 0.3 is 0 Å². The Labute approximate surface area is 134 Å². The van der Waals surface area contributed by atoms with Crippen LogP contribution in [-0.4, -0.2) is 61.3 Å². The molecule has 126 valence electrons. The van der Waals surface area contributed by atoms with E-state index in [1.807, 2.05) is 0 Å². The lowest BCUT2D eigenvalue weighted by molar-refractivity contribution is -0.126. The van der Waals surface area contributed by atoms with Gasteiger partial charge in [0.25, 0.3) is 0 Å². The maximum Gasteiger partial charge on any atom is 0.222 e. The van der Waals surface area contributed by atoms with Crippen LogP contribution in [0.25, 0.3) is 0 Å². The molecule has 5 heteroatoms. The zero-order valence-corrected chi connectivity index (χ0v) is 13.9. The number of hydrogen-bond acceptors (Lipinski definition) is 4. The first-order valence-corrected chi connectivity index (χ1v) is 9.05. The van der Waals surface area contributed by atoms with Crippen LogP contribution >= 0.6 is 0 Å². The highest BCUT2D eigenvalue weighted by atomic mass is 16.5. The lowest BCUT2D eigenvalue weighted by Crippen LogP contribution is -2.56. The minimum atomic E-state index is 0.0964. The van der Waals surface area contributed by atoms with Crippen molar-refractivity contribution < 1.29 is 9.53 Å². The number of carbonyl (C=O) groups is 1. The third-order valence-corrected chi connectivity index (χ3v) is 5.81. The van der Waals surface area contributed by atoms with Crippen LogP contribution < -0.4 is 10.6 Å². The van der Waals surface area contributed by atoms with Crippen molar-refractivity contribution >= 4 is 5.91 Å². The van der Waals surface area contributed by atoms with Crippen molar-refractivity contribution in [2.45, 2.75) is 69.5 Å². The van der Waals surface area contributed by atoms with Gasteiger partial charge in [-0.1, -0.05) is 12.8 Å². The molecule has 0 bridgehead atoms. The van der Waals surface area contributed by atoms with Crippen molar-refractivity contribution in [3.63, 3.8) is 0 Å². The van der Waals surface area contributed by atoms with Crippen LogP contribution in [0, 0.1) is 0 Å². The highest BCUT2D eigenvalue weighted by Gasteiger charge is 2.42. The molecule has 0 spiro atoms. The van der Waals surface area contributed by atoms with Crippen LogP contribution in [0.1, 0.15) is 51.9 Å². The number of ether oxygens (including phenoxy) is 1. The SMILES string of the molecule is CC1NCCCC1NC(=O)CC1(N2CCOCC2)CCCC1. The fraction of sp³-hybridized carbons (Fsp3) is 0.941. The van der Waals surface area contributed by atoms with Crippen LogP contribution in [0.4, 0.5) is 0 Å². The normalized spacial score (nSPS) is 32.8. The van der Waals surface area contributed by atoms with E-state index in [1.165, 1.54) is 25.7 Å². The third kappa shape index (κ3) is 3.63. The number of nitrogens with one attached hydrogen (secondary N) is 2. The number of rotatable bonds is 4. The van der Waals surface area contributed by atoms with Gasteiger partial charge in [0.2, 0.25) is 5.91 Å². The van der Waals surface area contributed by atoms with Gasteiger partial charge in [0.05, 0.1) is 13.2 Å². The van der Waals surface area contributed by atoms with E-state index >= 15 is 0 Å². The summed E-state index contributed by atoms with van der Waals surface area (Å²) in [5, 5.41) is 6.76. The number of carbonyl (C=O) groups excluding carboxylic acids is 1. The maximum absolute atomic E-state index is 12.7. The summed E-state index contributed by atoms with van der Waals surface area (Å²) >= 11 is 0. The standard InChI is InChI=1S/C17H31N3O2/c1-14-15(5-4-8-18-14)19-16(21)13-17(6-2-3-7-17)20-9-11-22-12-10-20/h14-15,18H,2-13H2,1H3,(H,19,21). The molecule has 2 heterocycles. The van der Waals surface area contributed by atoms with Gasteiger partial charge < -0.3 is 15.4 Å². The molecule has 0 aromatic rings. The van der Waals surface area contributed by atoms with Gasteiger partial charge in [-0.3, -0.25) is 9.69 Å². The lowest BCUT2D eigenvalue weighted by atomic mass is 9.89. The molecule has 0 aromatic carbocycles. The molecule has 1 saturated carbocycles. The summed E-state index contributed by atoms with van der Waals surface area (Å²) in [7, 11) is 0. The highest BCUT2D eigenvalue weighted by molar-refractivity contribution is 5.77. The number of morpholine rings is 1. The van der Waals surface area contributed by atoms with Crippen molar-refractivity contribution in [3.05, 3.63) is 0 Å². The predicted octanol–water partition coefficient (Wildman–Crippen LogP) is 1.28. The van der Waals surface area contributed by atoms with E-state index in [4.69, 9.17) is 4.74 Å². The Balaban J connectivity index is 1.59. The first kappa shape index (κ1) is 16.2. The second kappa shape index (κ2) is 7.28. The van der Waals surface area contributed by atoms with E-state index in [2.05, 4.69) is 22.5 Å². The molecule has 1 amide bonds. The summed E-state index contributed by atoms with van der Waals surface area (Å²) in [4.78, 5) is 15.2. The highest BCUT2D eigenvalue weighted by Crippen LogP contribution is 2.38. The molecule has 2 aliphatic heterocycles. The molecule has 2 saturated heterocycles. The molecule has 5 nitrogen and oxygen atoms in total. The Kier molecular flexibility index (Phi) is 5.37. The summed E-state index contributed by atoms with van der Waals surface area (Å²) < 4.78 is 5.49. The fourth-order valence-corrected chi connectivity index (χ4v) is 4.47. The van der Waals surface area contributed by atoms with E-state index in [-0.39, 0.29) is 11.4 Å². The van der Waals surface area contributed by atoms with Crippen LogP contribution in [0.3, 0.4) is 0 Å². The van der Waals surface area contributed by atoms with E-state index in [9.17, 15) is 4.79 Å². The first-order valence-electron chi connectivity index (χ1n) is 9.05. The van der Waals surface area contributed by atoms with Gasteiger partial charge in [0, 0.05) is 37.1 Å². The summed E-state index contributed by atoms with van der Waals surface area (Å²) in [5.41, 5.74) is 0.0964. The largest absolute Gasteiger partial charge is 0.379 e. The number of nitrogens with zero attached hydrogens (tertiary/aromatic N) is 1. The molecular formula is C17H31N3O2. The van der Waals surface area contributed by atoms with Gasteiger partial charge in [0.1, 0.15) is 0 Å². The smallest absolute Gasteiger partial charge is 0.222 e. The van der Waals surface area contributed by atoms with Gasteiger partial charge in [0.15, 0.2) is 0 Å². The molecular weight excluding hydrogens is 278 g/mol. The predicted molar refractivity (Wildman–Crippen MR) is 86.8 cm³/mol. The Morgan fingerprint density at radius 2 is 2.00 bits per heavy atom. The van der Waals surface area contributed by atoms with Crippen molar-refractivity contribution in [2.24, 2.45) is 0 Å². The summed E-state index contributed by atoms with van der Waals surface area (Å²) in [6.45, 7) is 6.84. The Morgan fingerprint density at radius 1 is 1.27 bits per heavy atom. The average Bonchev–Trinajstić information content (AvgIpc) is 3.00. The minimum Gasteiger partial charge on any atom is -0.379 e. The van der Waals surface area contributed by atoms with E-state index < -0.39 is 0 Å². The molecule has 0 radical (unpaired) electrons. The van der Waals surface area contributed by atoms with Crippen LogP contribution in [0.15, 0.2) is 0 Å². The second-order valence-electron chi connectivity index (χ2n) is 7.27. The Morgan fingerprint density at radius 3 is 2.68 bits per heavy atom. The number of piperidine rings is 1. The quantitative estimate of drug-likeness (QED) is 0.821. The molecule has 3 fully saturated rings. The summed E-state index contributed by atoms with van der Waals surface area (Å²) in [5.74, 6) is 0.244. The van der Waals surface area contributed by atoms with Crippen LogP contribution in [0.5, 0.6) is 0 Å². The van der Waals surface area contributed by atoms with Crippen molar-refractivity contribution in [2.75, 3.05) is 32.8 Å². The molecule has 22 heavy (non-hydrogen) atoms. The van der Waals surface area contributed by atoms with Gasteiger partial charge in [-0.25, -0.2) is 0 Å². The van der Waals surface area contributed by atoms with Gasteiger partial charge in [-0.2, -0.15) is 0 Å². The van der Waals surface area contributed by atoms with E-state index in [0.717, 1.165) is 45.7 Å². The first-order chi connectivity index (χ1) is 10.7. The van der Waals surface area contributed by atoms with Crippen molar-refractivity contribution in [1.82, 2.24) is 15.5 Å². The summed E-state index contributed by atoms with van der Waals surface area (Å²) in [6, 6.07) is 0.685. The van der Waals surface area contributed by atoms with Gasteiger partial charge in [-0.05, 0) is 39.2 Å². The molecule has 1 aliphatic carbocycles. The van der Waals surface area contributed by atoms with Crippen molar-refractivity contribution in [1.29, 1.82) is 0 Å². The number of amides is 1. The van der Waals surface area contributed by atoms with Crippen molar-refractivity contribution in [3.8, 4) is 0 Å². The van der Waals surface area contributed by atoms with E-state index in [1.54, 1.807) is 0 Å². The van der Waals surface area contributed by atoms with Gasteiger partial charge in [-0.15, -0.1) is 0 Å². The molecule has 2 N–H and O–H groups in total. The second-order valence-corrected chi connectivity index (χ2v) is 7.27. The molecule has 3 rings (SSSR count). The zero-order valence-electron chi connectivity index (χ0n) is 13.9. The average molecular weight is 309 g/mol. The third-order valence-electron chi connectivity index (χ3n) is 5.81. The monoisotopic (exact) mass is 309 g/mol. The topological polar surface area (TPSA) is 53.6 Å². The Bertz CT molecular complexity index is 376. The van der Waals surface area contributed by atoms with Crippen LogP contribution in [-0.2, 0) is 9.53 Å². The molecule has 3 aliphatic rings. The number of hydrogen-bond donors (Lipinski definition) is 2. The maximum atomic E-state index is 12.7. The van der Waals surface area contributed by atoms with E-state index in [0.29, 0.717) is 18.5 Å². The molecule has 0 aromatic heterocycles. The molecule has 2 unspecified atom stereocenters. The minimum absolute atomic E-state index is 0.0964.